The molecule has 0 bridgehead atoms. The molecule has 4 nitrogen and oxygen atoms in total. The van der Waals surface area contributed by atoms with Gasteiger partial charge in [0.25, 0.3) is 0 Å². The molecule has 0 radical (unpaired) electrons. The fourth-order valence-corrected chi connectivity index (χ4v) is 2.91. The monoisotopic (exact) mass is 244 g/mol. The van der Waals surface area contributed by atoms with Crippen molar-refractivity contribution in [2.75, 3.05) is 0 Å². The molecule has 0 amide bonds. The summed E-state index contributed by atoms with van der Waals surface area (Å²) in [4.78, 5) is 4.71. The maximum Gasteiger partial charge on any atom is 0.106 e. The van der Waals surface area contributed by atoms with Gasteiger partial charge in [-0.3, -0.25) is 4.68 Å². The van der Waals surface area contributed by atoms with E-state index in [1.807, 2.05) is 17.9 Å². The van der Waals surface area contributed by atoms with E-state index in [-0.39, 0.29) is 0 Å². The molecule has 0 spiro atoms. The lowest BCUT2D eigenvalue weighted by Crippen LogP contribution is -2.12. The van der Waals surface area contributed by atoms with Crippen LogP contribution < -0.4 is 0 Å². The predicted octanol–water partition coefficient (Wildman–Crippen LogP) is 2.05. The van der Waals surface area contributed by atoms with Crippen LogP contribution in [-0.4, -0.2) is 19.3 Å². The van der Waals surface area contributed by atoms with Crippen LogP contribution >= 0.6 is 0 Å². The normalized spacial score (nSPS) is 14.8. The first-order valence-corrected chi connectivity index (χ1v) is 6.77. The van der Waals surface area contributed by atoms with Crippen LogP contribution in [0, 0.1) is 6.92 Å². The Morgan fingerprint density at radius 1 is 1.28 bits per heavy atom. The van der Waals surface area contributed by atoms with Gasteiger partial charge in [-0.1, -0.05) is 0 Å². The van der Waals surface area contributed by atoms with Crippen LogP contribution in [-0.2, 0) is 32.9 Å². The second kappa shape index (κ2) is 4.59. The largest absolute Gasteiger partial charge is 0.332 e. The molecule has 3 rings (SSSR count). The van der Waals surface area contributed by atoms with E-state index in [4.69, 9.17) is 4.98 Å². The molecular formula is C14H20N4. The minimum atomic E-state index is 1.02. The van der Waals surface area contributed by atoms with Crippen molar-refractivity contribution >= 4 is 0 Å². The molecule has 2 aromatic heterocycles. The molecule has 96 valence electrons. The second-order valence-corrected chi connectivity index (χ2v) is 5.11. The van der Waals surface area contributed by atoms with Crippen molar-refractivity contribution in [3.63, 3.8) is 0 Å². The van der Waals surface area contributed by atoms with E-state index in [0.717, 1.165) is 19.4 Å². The Balaban J connectivity index is 1.80. The molecule has 18 heavy (non-hydrogen) atoms. The van der Waals surface area contributed by atoms with E-state index >= 15 is 0 Å². The van der Waals surface area contributed by atoms with Crippen molar-refractivity contribution in [1.82, 2.24) is 19.3 Å². The first-order valence-electron chi connectivity index (χ1n) is 6.77. The number of hydrogen-bond donors (Lipinski definition) is 0. The minimum absolute atomic E-state index is 1.02. The van der Waals surface area contributed by atoms with E-state index in [2.05, 4.69) is 22.7 Å². The predicted molar refractivity (Wildman–Crippen MR) is 70.5 cm³/mol. The molecule has 4 heteroatoms. The molecular weight excluding hydrogens is 224 g/mol. The van der Waals surface area contributed by atoms with Gasteiger partial charge < -0.3 is 4.57 Å². The number of aromatic nitrogens is 4. The molecule has 0 aliphatic heterocycles. The van der Waals surface area contributed by atoms with Crippen molar-refractivity contribution in [3.05, 3.63) is 35.2 Å². The minimum Gasteiger partial charge on any atom is -0.332 e. The third-order valence-electron chi connectivity index (χ3n) is 3.94. The molecule has 0 N–H and O–H groups in total. The molecule has 1 aliphatic rings. The first kappa shape index (κ1) is 11.5. The van der Waals surface area contributed by atoms with Gasteiger partial charge in [-0.25, -0.2) is 4.98 Å². The summed E-state index contributed by atoms with van der Waals surface area (Å²) >= 11 is 0. The lowest BCUT2D eigenvalue weighted by atomic mass is 10.0. The van der Waals surface area contributed by atoms with Crippen LogP contribution in [0.1, 0.15) is 35.7 Å². The van der Waals surface area contributed by atoms with Crippen molar-refractivity contribution in [2.45, 2.75) is 45.6 Å². The summed E-state index contributed by atoms with van der Waals surface area (Å²) in [6.45, 7) is 3.15. The average molecular weight is 244 g/mol. The van der Waals surface area contributed by atoms with Crippen LogP contribution in [0.25, 0.3) is 0 Å². The number of fused-ring (bicyclic) bond motifs is 1. The van der Waals surface area contributed by atoms with Crippen LogP contribution in [0.3, 0.4) is 0 Å². The molecule has 0 aromatic carbocycles. The number of hydrogen-bond acceptors (Lipinski definition) is 2. The van der Waals surface area contributed by atoms with Gasteiger partial charge in [0.2, 0.25) is 0 Å². The van der Waals surface area contributed by atoms with Gasteiger partial charge in [-0.05, 0) is 38.7 Å². The molecule has 0 saturated carbocycles. The maximum atomic E-state index is 4.71. The summed E-state index contributed by atoms with van der Waals surface area (Å²) in [5.74, 6) is 1.17. The number of nitrogens with zero attached hydrogens (tertiary/aromatic N) is 4. The molecule has 1 aliphatic carbocycles. The van der Waals surface area contributed by atoms with Gasteiger partial charge in [-0.2, -0.15) is 5.10 Å². The Hall–Kier alpha value is -1.58. The molecule has 0 saturated heterocycles. The van der Waals surface area contributed by atoms with Crippen LogP contribution in [0.5, 0.6) is 0 Å². The Bertz CT molecular complexity index is 550. The summed E-state index contributed by atoms with van der Waals surface area (Å²) in [7, 11) is 2.01. The molecule has 2 heterocycles. The van der Waals surface area contributed by atoms with Crippen LogP contribution in [0.4, 0.5) is 0 Å². The van der Waals surface area contributed by atoms with Gasteiger partial charge >= 0.3 is 0 Å². The van der Waals surface area contributed by atoms with E-state index in [1.54, 1.807) is 0 Å². The summed E-state index contributed by atoms with van der Waals surface area (Å²) in [5, 5.41) is 4.22. The van der Waals surface area contributed by atoms with E-state index in [0.29, 0.717) is 0 Å². The Labute approximate surface area is 108 Å². The zero-order valence-corrected chi connectivity index (χ0v) is 11.2. The van der Waals surface area contributed by atoms with Crippen molar-refractivity contribution in [1.29, 1.82) is 0 Å². The van der Waals surface area contributed by atoms with E-state index in [9.17, 15) is 0 Å². The zero-order chi connectivity index (χ0) is 12.5. The Kier molecular flexibility index (Phi) is 2.94. The second-order valence-electron chi connectivity index (χ2n) is 5.11. The fraction of sp³-hybridized carbons (Fsp3) is 0.571. The Morgan fingerprint density at radius 2 is 2.11 bits per heavy atom. The quantitative estimate of drug-likeness (QED) is 0.828. The average Bonchev–Trinajstić information content (AvgIpc) is 2.90. The molecule has 0 fully saturated rings. The third kappa shape index (κ3) is 1.96. The van der Waals surface area contributed by atoms with E-state index < -0.39 is 0 Å². The Morgan fingerprint density at radius 3 is 2.89 bits per heavy atom. The summed E-state index contributed by atoms with van der Waals surface area (Å²) < 4.78 is 4.36. The van der Waals surface area contributed by atoms with E-state index in [1.165, 1.54) is 42.2 Å². The summed E-state index contributed by atoms with van der Waals surface area (Å²) in [6, 6.07) is 2.10. The zero-order valence-electron chi connectivity index (χ0n) is 11.2. The highest BCUT2D eigenvalue weighted by Gasteiger charge is 2.17. The third-order valence-corrected chi connectivity index (χ3v) is 3.94. The van der Waals surface area contributed by atoms with Gasteiger partial charge in [0.05, 0.1) is 5.69 Å². The molecule has 0 unspecified atom stereocenters. The standard InChI is InChI=1S/C14H20N4/c1-11-16-13-5-3-4-6-14(13)18(11)10-8-12-7-9-15-17(12)2/h7,9H,3-6,8,10H2,1-2H3. The van der Waals surface area contributed by atoms with Gasteiger partial charge in [0.15, 0.2) is 0 Å². The summed E-state index contributed by atoms with van der Waals surface area (Å²) in [5.41, 5.74) is 4.09. The number of imidazole rings is 1. The topological polar surface area (TPSA) is 35.6 Å². The van der Waals surface area contributed by atoms with Crippen molar-refractivity contribution < 1.29 is 0 Å². The van der Waals surface area contributed by atoms with Crippen LogP contribution in [0.15, 0.2) is 12.3 Å². The molecule has 2 aromatic rings. The number of aryl methyl sites for hydroxylation is 4. The molecule has 0 atom stereocenters. The van der Waals surface area contributed by atoms with Gasteiger partial charge in [-0.15, -0.1) is 0 Å². The lowest BCUT2D eigenvalue weighted by molar-refractivity contribution is 0.579. The van der Waals surface area contributed by atoms with Gasteiger partial charge in [0.1, 0.15) is 5.82 Å². The SMILES string of the molecule is Cc1nc2c(n1CCc1ccnn1C)CCCC2. The summed E-state index contributed by atoms with van der Waals surface area (Å²) in [6.07, 6.45) is 7.86. The maximum absolute atomic E-state index is 4.71. The van der Waals surface area contributed by atoms with Crippen molar-refractivity contribution in [2.24, 2.45) is 7.05 Å². The fourth-order valence-electron chi connectivity index (χ4n) is 2.91. The smallest absolute Gasteiger partial charge is 0.106 e. The van der Waals surface area contributed by atoms with Gasteiger partial charge in [0, 0.05) is 37.6 Å². The van der Waals surface area contributed by atoms with Crippen LogP contribution in [0.2, 0.25) is 0 Å². The van der Waals surface area contributed by atoms with Crippen molar-refractivity contribution in [3.8, 4) is 0 Å². The first-order chi connectivity index (χ1) is 8.75. The number of rotatable bonds is 3. The highest BCUT2D eigenvalue weighted by molar-refractivity contribution is 5.20. The highest BCUT2D eigenvalue weighted by Crippen LogP contribution is 2.22. The highest BCUT2D eigenvalue weighted by atomic mass is 15.3. The lowest BCUT2D eigenvalue weighted by Gasteiger charge is -2.14.